The van der Waals surface area contributed by atoms with Crippen molar-refractivity contribution in [2.45, 2.75) is 20.0 Å². The average molecular weight is 207 g/mol. The van der Waals surface area contributed by atoms with Gasteiger partial charge in [-0.15, -0.1) is 0 Å². The third kappa shape index (κ3) is 1.88. The van der Waals surface area contributed by atoms with E-state index in [1.165, 1.54) is 0 Å². The zero-order chi connectivity index (χ0) is 10.8. The number of hydrogen-bond acceptors (Lipinski definition) is 3. The first-order valence-electron chi connectivity index (χ1n) is 4.95. The van der Waals surface area contributed by atoms with E-state index in [0.29, 0.717) is 18.0 Å². The number of nitrogens with one attached hydrogen (secondary N) is 1. The van der Waals surface area contributed by atoms with Gasteiger partial charge in [0.15, 0.2) is 6.10 Å². The SMILES string of the molecule is CCOc1ccc2c(c1)NC(=O)C(C)O2. The molecule has 15 heavy (non-hydrogen) atoms. The molecule has 1 atom stereocenters. The highest BCUT2D eigenvalue weighted by atomic mass is 16.5. The molecule has 1 aromatic carbocycles. The third-order valence-corrected chi connectivity index (χ3v) is 2.19. The van der Waals surface area contributed by atoms with Gasteiger partial charge in [0.05, 0.1) is 12.3 Å². The number of hydrogen-bond donors (Lipinski definition) is 1. The molecule has 0 saturated carbocycles. The number of anilines is 1. The summed E-state index contributed by atoms with van der Waals surface area (Å²) in [7, 11) is 0. The van der Waals surface area contributed by atoms with Gasteiger partial charge in [-0.3, -0.25) is 4.79 Å². The van der Waals surface area contributed by atoms with Gasteiger partial charge in [-0.05, 0) is 26.0 Å². The smallest absolute Gasteiger partial charge is 0.265 e. The van der Waals surface area contributed by atoms with Crippen LogP contribution < -0.4 is 14.8 Å². The highest BCUT2D eigenvalue weighted by Gasteiger charge is 2.23. The summed E-state index contributed by atoms with van der Waals surface area (Å²) < 4.78 is 10.7. The Labute approximate surface area is 88.2 Å². The molecule has 1 aromatic rings. The molecular formula is C11H13NO3. The van der Waals surface area contributed by atoms with Crippen LogP contribution >= 0.6 is 0 Å². The lowest BCUT2D eigenvalue weighted by Gasteiger charge is -2.23. The van der Waals surface area contributed by atoms with Crippen molar-refractivity contribution in [2.24, 2.45) is 0 Å². The van der Waals surface area contributed by atoms with E-state index in [4.69, 9.17) is 9.47 Å². The Kier molecular flexibility index (Phi) is 2.49. The number of benzene rings is 1. The molecule has 0 spiro atoms. The Hall–Kier alpha value is -1.71. The van der Waals surface area contributed by atoms with Gasteiger partial charge in [0, 0.05) is 6.07 Å². The monoisotopic (exact) mass is 207 g/mol. The van der Waals surface area contributed by atoms with Crippen molar-refractivity contribution in [2.75, 3.05) is 11.9 Å². The first-order valence-corrected chi connectivity index (χ1v) is 4.95. The van der Waals surface area contributed by atoms with Gasteiger partial charge in [-0.25, -0.2) is 0 Å². The number of amides is 1. The Morgan fingerprint density at radius 1 is 1.53 bits per heavy atom. The molecule has 1 amide bonds. The Morgan fingerprint density at radius 2 is 2.33 bits per heavy atom. The molecule has 0 bridgehead atoms. The molecule has 1 unspecified atom stereocenters. The van der Waals surface area contributed by atoms with Crippen LogP contribution in [0.15, 0.2) is 18.2 Å². The molecule has 1 heterocycles. The fourth-order valence-electron chi connectivity index (χ4n) is 1.44. The van der Waals surface area contributed by atoms with Crippen LogP contribution in [0.25, 0.3) is 0 Å². The van der Waals surface area contributed by atoms with Crippen LogP contribution in [0.2, 0.25) is 0 Å². The molecule has 2 rings (SSSR count). The third-order valence-electron chi connectivity index (χ3n) is 2.19. The lowest BCUT2D eigenvalue weighted by atomic mass is 10.2. The first kappa shape index (κ1) is 9.83. The maximum atomic E-state index is 11.3. The fraction of sp³-hybridized carbons (Fsp3) is 0.364. The van der Waals surface area contributed by atoms with Crippen molar-refractivity contribution in [3.05, 3.63) is 18.2 Å². The highest BCUT2D eigenvalue weighted by molar-refractivity contribution is 5.97. The molecular weight excluding hydrogens is 194 g/mol. The van der Waals surface area contributed by atoms with Gasteiger partial charge in [0.1, 0.15) is 11.5 Å². The van der Waals surface area contributed by atoms with Crippen LogP contribution in [-0.4, -0.2) is 18.6 Å². The van der Waals surface area contributed by atoms with Crippen LogP contribution in [0.1, 0.15) is 13.8 Å². The molecule has 4 heteroatoms. The fourth-order valence-corrected chi connectivity index (χ4v) is 1.44. The number of rotatable bonds is 2. The zero-order valence-corrected chi connectivity index (χ0v) is 8.74. The minimum atomic E-state index is -0.435. The van der Waals surface area contributed by atoms with Crippen LogP contribution in [0.4, 0.5) is 5.69 Å². The summed E-state index contributed by atoms with van der Waals surface area (Å²) >= 11 is 0. The van der Waals surface area contributed by atoms with Crippen molar-refractivity contribution >= 4 is 11.6 Å². The van der Waals surface area contributed by atoms with Gasteiger partial charge in [-0.2, -0.15) is 0 Å². The second kappa shape index (κ2) is 3.81. The maximum Gasteiger partial charge on any atom is 0.265 e. The molecule has 80 valence electrons. The molecule has 0 fully saturated rings. The summed E-state index contributed by atoms with van der Waals surface area (Å²) in [6, 6.07) is 5.39. The summed E-state index contributed by atoms with van der Waals surface area (Å²) in [6.45, 7) is 4.23. The van der Waals surface area contributed by atoms with E-state index in [2.05, 4.69) is 5.32 Å². The molecule has 1 aliphatic rings. The first-order chi connectivity index (χ1) is 7.20. The van der Waals surface area contributed by atoms with Crippen LogP contribution in [0, 0.1) is 0 Å². The van der Waals surface area contributed by atoms with Crippen molar-refractivity contribution in [3.63, 3.8) is 0 Å². The second-order valence-electron chi connectivity index (χ2n) is 3.34. The second-order valence-corrected chi connectivity index (χ2v) is 3.34. The lowest BCUT2D eigenvalue weighted by Crippen LogP contribution is -2.34. The number of carbonyl (C=O) groups excluding carboxylic acids is 1. The lowest BCUT2D eigenvalue weighted by molar-refractivity contribution is -0.122. The molecule has 1 aliphatic heterocycles. The standard InChI is InChI=1S/C11H13NO3/c1-3-14-8-4-5-10-9(6-8)12-11(13)7(2)15-10/h4-7H,3H2,1-2H3,(H,12,13). The Balaban J connectivity index is 2.29. The molecule has 0 aliphatic carbocycles. The van der Waals surface area contributed by atoms with E-state index >= 15 is 0 Å². The number of fused-ring (bicyclic) bond motifs is 1. The van der Waals surface area contributed by atoms with E-state index in [1.807, 2.05) is 13.0 Å². The van der Waals surface area contributed by atoms with E-state index < -0.39 is 6.10 Å². The van der Waals surface area contributed by atoms with Crippen molar-refractivity contribution in [3.8, 4) is 11.5 Å². The largest absolute Gasteiger partial charge is 0.494 e. The van der Waals surface area contributed by atoms with Crippen molar-refractivity contribution in [1.82, 2.24) is 0 Å². The molecule has 0 saturated heterocycles. The normalized spacial score (nSPS) is 18.8. The van der Waals surface area contributed by atoms with Crippen LogP contribution in [-0.2, 0) is 4.79 Å². The van der Waals surface area contributed by atoms with E-state index in [9.17, 15) is 4.79 Å². The summed E-state index contributed by atoms with van der Waals surface area (Å²) in [5.74, 6) is 1.29. The van der Waals surface area contributed by atoms with Crippen molar-refractivity contribution in [1.29, 1.82) is 0 Å². The van der Waals surface area contributed by atoms with E-state index in [0.717, 1.165) is 5.75 Å². The highest BCUT2D eigenvalue weighted by Crippen LogP contribution is 2.32. The van der Waals surface area contributed by atoms with Crippen molar-refractivity contribution < 1.29 is 14.3 Å². The van der Waals surface area contributed by atoms with Gasteiger partial charge in [0.2, 0.25) is 0 Å². The number of ether oxygens (including phenoxy) is 2. The van der Waals surface area contributed by atoms with Crippen LogP contribution in [0.5, 0.6) is 11.5 Å². The topological polar surface area (TPSA) is 47.6 Å². The minimum Gasteiger partial charge on any atom is -0.494 e. The molecule has 4 nitrogen and oxygen atoms in total. The Bertz CT molecular complexity index is 389. The summed E-state index contributed by atoms with van der Waals surface area (Å²) in [5.41, 5.74) is 0.670. The quantitative estimate of drug-likeness (QED) is 0.804. The minimum absolute atomic E-state index is 0.129. The predicted molar refractivity (Wildman–Crippen MR) is 56.3 cm³/mol. The van der Waals surface area contributed by atoms with E-state index in [1.54, 1.807) is 19.1 Å². The van der Waals surface area contributed by atoms with E-state index in [-0.39, 0.29) is 5.91 Å². The summed E-state index contributed by atoms with van der Waals surface area (Å²) in [4.78, 5) is 11.3. The predicted octanol–water partition coefficient (Wildman–Crippen LogP) is 1.80. The summed E-state index contributed by atoms with van der Waals surface area (Å²) in [6.07, 6.45) is -0.435. The number of carbonyl (C=O) groups is 1. The van der Waals surface area contributed by atoms with Gasteiger partial charge < -0.3 is 14.8 Å². The maximum absolute atomic E-state index is 11.3. The molecule has 1 N–H and O–H groups in total. The average Bonchev–Trinajstić information content (AvgIpc) is 2.21. The summed E-state index contributed by atoms with van der Waals surface area (Å²) in [5, 5.41) is 2.76. The molecule has 0 aromatic heterocycles. The van der Waals surface area contributed by atoms with Gasteiger partial charge in [-0.1, -0.05) is 0 Å². The van der Waals surface area contributed by atoms with Gasteiger partial charge in [0.25, 0.3) is 5.91 Å². The van der Waals surface area contributed by atoms with Crippen LogP contribution in [0.3, 0.4) is 0 Å². The Morgan fingerprint density at radius 3 is 3.07 bits per heavy atom. The zero-order valence-electron chi connectivity index (χ0n) is 8.74. The van der Waals surface area contributed by atoms with Gasteiger partial charge >= 0.3 is 0 Å². The molecule has 0 radical (unpaired) electrons.